The molecule has 0 aromatic heterocycles. The van der Waals surface area contributed by atoms with Crippen molar-refractivity contribution < 1.29 is 0 Å². The van der Waals surface area contributed by atoms with Gasteiger partial charge in [-0.2, -0.15) is 0 Å². The van der Waals surface area contributed by atoms with Gasteiger partial charge in [-0.1, -0.05) is 18.0 Å². The molecule has 0 saturated heterocycles. The lowest BCUT2D eigenvalue weighted by molar-refractivity contribution is 0.265. The van der Waals surface area contributed by atoms with Crippen LogP contribution in [0.4, 0.5) is 5.69 Å². The molecule has 3 heteroatoms. The fourth-order valence-corrected chi connectivity index (χ4v) is 2.07. The molecule has 1 aromatic carbocycles. The third-order valence-electron chi connectivity index (χ3n) is 3.07. The number of benzene rings is 1. The van der Waals surface area contributed by atoms with E-state index in [0.29, 0.717) is 10.9 Å². The average molecular weight is 211 g/mol. The van der Waals surface area contributed by atoms with Crippen LogP contribution in [0.3, 0.4) is 0 Å². The topological polar surface area (TPSA) is 52.0 Å². The number of rotatable bonds is 2. The Bertz CT molecular complexity index is 334. The largest absolute Gasteiger partial charge is 0.398 e. The highest BCUT2D eigenvalue weighted by atomic mass is 35.5. The number of hydrogen-bond donors (Lipinski definition) is 2. The van der Waals surface area contributed by atoms with Crippen LogP contribution in [0.1, 0.15) is 30.9 Å². The van der Waals surface area contributed by atoms with Gasteiger partial charge in [0.2, 0.25) is 0 Å². The van der Waals surface area contributed by atoms with Gasteiger partial charge in [-0.15, -0.1) is 0 Å². The number of anilines is 1. The second kappa shape index (κ2) is 3.79. The zero-order chi connectivity index (χ0) is 10.1. The van der Waals surface area contributed by atoms with E-state index in [1.807, 2.05) is 12.1 Å². The molecule has 1 aliphatic rings. The molecule has 1 aliphatic carbocycles. The van der Waals surface area contributed by atoms with Crippen molar-refractivity contribution in [3.63, 3.8) is 0 Å². The van der Waals surface area contributed by atoms with Gasteiger partial charge in [-0.05, 0) is 42.5 Å². The normalized spacial score (nSPS) is 19.0. The zero-order valence-corrected chi connectivity index (χ0v) is 8.80. The Morgan fingerprint density at radius 3 is 2.64 bits per heavy atom. The van der Waals surface area contributed by atoms with Gasteiger partial charge in [0.05, 0.1) is 0 Å². The molecule has 0 bridgehead atoms. The van der Waals surface area contributed by atoms with Crippen LogP contribution in [0, 0.1) is 5.92 Å². The maximum Gasteiger partial charge on any atom is 0.0410 e. The maximum atomic E-state index is 6.13. The summed E-state index contributed by atoms with van der Waals surface area (Å²) >= 11 is 5.92. The molecule has 1 atom stereocenters. The Morgan fingerprint density at radius 1 is 1.36 bits per heavy atom. The third-order valence-corrected chi connectivity index (χ3v) is 3.30. The van der Waals surface area contributed by atoms with E-state index in [2.05, 4.69) is 0 Å². The van der Waals surface area contributed by atoms with E-state index in [1.165, 1.54) is 19.3 Å². The minimum absolute atomic E-state index is 0.0578. The molecule has 0 radical (unpaired) electrons. The second-order valence-corrected chi connectivity index (χ2v) is 4.43. The van der Waals surface area contributed by atoms with Crippen LogP contribution in [0.15, 0.2) is 18.2 Å². The summed E-state index contributed by atoms with van der Waals surface area (Å²) in [4.78, 5) is 0. The minimum atomic E-state index is 0.0578. The molecule has 1 saturated carbocycles. The van der Waals surface area contributed by atoms with E-state index in [4.69, 9.17) is 23.1 Å². The van der Waals surface area contributed by atoms with Crippen LogP contribution < -0.4 is 11.5 Å². The van der Waals surface area contributed by atoms with Crippen molar-refractivity contribution in [2.45, 2.75) is 25.3 Å². The van der Waals surface area contributed by atoms with Crippen molar-refractivity contribution in [1.82, 2.24) is 0 Å². The lowest BCUT2D eigenvalue weighted by Crippen LogP contribution is -2.27. The third kappa shape index (κ3) is 1.72. The highest BCUT2D eigenvalue weighted by Crippen LogP contribution is 2.38. The molecule has 0 aliphatic heterocycles. The van der Waals surface area contributed by atoms with E-state index < -0.39 is 0 Å². The SMILES string of the molecule is Nc1ccc(Cl)cc1C(N)C1CCC1. The molecule has 4 N–H and O–H groups in total. The molecule has 76 valence electrons. The Hall–Kier alpha value is -0.730. The molecule has 2 rings (SSSR count). The first-order valence-electron chi connectivity index (χ1n) is 4.99. The van der Waals surface area contributed by atoms with E-state index in [0.717, 1.165) is 11.3 Å². The summed E-state index contributed by atoms with van der Waals surface area (Å²) in [6, 6.07) is 5.58. The fourth-order valence-electron chi connectivity index (χ4n) is 1.89. The van der Waals surface area contributed by atoms with E-state index in [-0.39, 0.29) is 6.04 Å². The summed E-state index contributed by atoms with van der Waals surface area (Å²) < 4.78 is 0. The highest BCUT2D eigenvalue weighted by molar-refractivity contribution is 6.30. The second-order valence-electron chi connectivity index (χ2n) is 3.99. The van der Waals surface area contributed by atoms with Gasteiger partial charge in [0.25, 0.3) is 0 Å². The summed E-state index contributed by atoms with van der Waals surface area (Å²) in [6.07, 6.45) is 3.72. The first-order valence-corrected chi connectivity index (χ1v) is 5.37. The lowest BCUT2D eigenvalue weighted by atomic mass is 9.77. The van der Waals surface area contributed by atoms with Gasteiger partial charge in [0.1, 0.15) is 0 Å². The van der Waals surface area contributed by atoms with E-state index >= 15 is 0 Å². The summed E-state index contributed by atoms with van der Waals surface area (Å²) in [7, 11) is 0. The Morgan fingerprint density at radius 2 is 2.07 bits per heavy atom. The van der Waals surface area contributed by atoms with E-state index in [9.17, 15) is 0 Å². The molecular formula is C11H15ClN2. The fraction of sp³-hybridized carbons (Fsp3) is 0.455. The molecule has 1 unspecified atom stereocenters. The summed E-state index contributed by atoms with van der Waals surface area (Å²) in [5.74, 6) is 0.593. The molecule has 0 heterocycles. The predicted molar refractivity (Wildman–Crippen MR) is 60.1 cm³/mol. The van der Waals surface area contributed by atoms with Gasteiger partial charge in [-0.25, -0.2) is 0 Å². The number of nitrogen functional groups attached to an aromatic ring is 1. The zero-order valence-electron chi connectivity index (χ0n) is 8.04. The minimum Gasteiger partial charge on any atom is -0.398 e. The smallest absolute Gasteiger partial charge is 0.0410 e. The molecule has 1 aromatic rings. The molecule has 14 heavy (non-hydrogen) atoms. The molecule has 2 nitrogen and oxygen atoms in total. The Balaban J connectivity index is 2.24. The first-order chi connectivity index (χ1) is 6.68. The maximum absolute atomic E-state index is 6.13. The summed E-state index contributed by atoms with van der Waals surface area (Å²) in [5.41, 5.74) is 13.8. The van der Waals surface area contributed by atoms with Crippen LogP contribution in [-0.4, -0.2) is 0 Å². The molecule has 0 amide bonds. The van der Waals surface area contributed by atoms with Gasteiger partial charge in [0.15, 0.2) is 0 Å². The summed E-state index contributed by atoms with van der Waals surface area (Å²) in [5, 5.41) is 0.712. The molecule has 0 spiro atoms. The van der Waals surface area contributed by atoms with Crippen molar-refractivity contribution in [3.8, 4) is 0 Å². The van der Waals surface area contributed by atoms with Crippen LogP contribution in [0.5, 0.6) is 0 Å². The number of nitrogens with two attached hydrogens (primary N) is 2. The highest BCUT2D eigenvalue weighted by Gasteiger charge is 2.26. The Labute approximate surface area is 89.2 Å². The van der Waals surface area contributed by atoms with Gasteiger partial charge >= 0.3 is 0 Å². The van der Waals surface area contributed by atoms with Crippen molar-refractivity contribution >= 4 is 17.3 Å². The standard InChI is InChI=1S/C11H15ClN2/c12-8-4-5-10(13)9(6-8)11(14)7-2-1-3-7/h4-7,11H,1-3,13-14H2. The van der Waals surface area contributed by atoms with Crippen LogP contribution in [-0.2, 0) is 0 Å². The summed E-state index contributed by atoms with van der Waals surface area (Å²) in [6.45, 7) is 0. The number of halogens is 1. The van der Waals surface area contributed by atoms with Crippen molar-refractivity contribution in [1.29, 1.82) is 0 Å². The molecular weight excluding hydrogens is 196 g/mol. The predicted octanol–water partition coefficient (Wildman–Crippen LogP) is 2.72. The quantitative estimate of drug-likeness (QED) is 0.738. The van der Waals surface area contributed by atoms with Gasteiger partial charge in [-0.3, -0.25) is 0 Å². The van der Waals surface area contributed by atoms with Gasteiger partial charge < -0.3 is 11.5 Å². The van der Waals surface area contributed by atoms with Crippen molar-refractivity contribution in [2.75, 3.05) is 5.73 Å². The van der Waals surface area contributed by atoms with Crippen LogP contribution in [0.2, 0.25) is 5.02 Å². The monoisotopic (exact) mass is 210 g/mol. The van der Waals surface area contributed by atoms with Crippen LogP contribution in [0.25, 0.3) is 0 Å². The lowest BCUT2D eigenvalue weighted by Gasteiger charge is -2.32. The molecule has 1 fully saturated rings. The average Bonchev–Trinajstić information content (AvgIpc) is 2.06. The first kappa shape index (κ1) is 9.81. The van der Waals surface area contributed by atoms with Crippen molar-refractivity contribution in [2.24, 2.45) is 11.7 Å². The van der Waals surface area contributed by atoms with Crippen molar-refractivity contribution in [3.05, 3.63) is 28.8 Å². The van der Waals surface area contributed by atoms with Crippen LogP contribution >= 0.6 is 11.6 Å². The van der Waals surface area contributed by atoms with E-state index in [1.54, 1.807) is 6.07 Å². The number of hydrogen-bond acceptors (Lipinski definition) is 2. The van der Waals surface area contributed by atoms with Gasteiger partial charge in [0, 0.05) is 16.8 Å². The Kier molecular flexibility index (Phi) is 2.66.